The fourth-order valence-corrected chi connectivity index (χ4v) is 3.95. The molecule has 0 unspecified atom stereocenters. The van der Waals surface area contributed by atoms with Crippen molar-refractivity contribution in [3.8, 4) is 0 Å². The average molecular weight is 426 g/mol. The van der Waals surface area contributed by atoms with Crippen LogP contribution in [0, 0.1) is 0 Å². The van der Waals surface area contributed by atoms with Gasteiger partial charge in [-0.05, 0) is 36.2 Å². The number of rotatable bonds is 6. The molecule has 2 amide bonds. The van der Waals surface area contributed by atoms with Crippen molar-refractivity contribution in [3.05, 3.63) is 64.8 Å². The van der Waals surface area contributed by atoms with E-state index >= 15 is 0 Å². The van der Waals surface area contributed by atoms with Crippen molar-refractivity contribution in [3.63, 3.8) is 0 Å². The molecule has 7 nitrogen and oxygen atoms in total. The molecular weight excluding hydrogens is 406 g/mol. The van der Waals surface area contributed by atoms with E-state index in [9.17, 15) is 19.5 Å². The molecule has 30 heavy (non-hydrogen) atoms. The molecule has 0 radical (unpaired) electrons. The van der Waals surface area contributed by atoms with Gasteiger partial charge in [0.15, 0.2) is 0 Å². The summed E-state index contributed by atoms with van der Waals surface area (Å²) in [5.41, 5.74) is 2.42. The van der Waals surface area contributed by atoms with Gasteiger partial charge < -0.3 is 20.3 Å². The van der Waals surface area contributed by atoms with E-state index in [1.807, 2.05) is 24.3 Å². The molecule has 1 aliphatic heterocycles. The second kappa shape index (κ2) is 8.20. The fourth-order valence-electron chi connectivity index (χ4n) is 3.73. The van der Waals surface area contributed by atoms with Crippen LogP contribution < -0.4 is 10.2 Å². The van der Waals surface area contributed by atoms with Crippen molar-refractivity contribution >= 4 is 46.0 Å². The number of H-pyrrole nitrogens is 1. The maximum Gasteiger partial charge on any atom is 0.326 e. The highest BCUT2D eigenvalue weighted by molar-refractivity contribution is 6.34. The van der Waals surface area contributed by atoms with Crippen LogP contribution in [0.2, 0.25) is 5.02 Å². The van der Waals surface area contributed by atoms with Gasteiger partial charge in [0, 0.05) is 42.0 Å². The lowest BCUT2D eigenvalue weighted by atomic mass is 10.0. The van der Waals surface area contributed by atoms with E-state index in [4.69, 9.17) is 11.6 Å². The molecular formula is C22H20ClN3O4. The van der Waals surface area contributed by atoms with Gasteiger partial charge in [-0.2, -0.15) is 0 Å². The molecule has 0 spiro atoms. The number of fused-ring (bicyclic) bond motifs is 1. The van der Waals surface area contributed by atoms with Crippen molar-refractivity contribution < 1.29 is 19.5 Å². The van der Waals surface area contributed by atoms with Crippen LogP contribution in [-0.2, 0) is 16.0 Å². The number of carboxylic acid groups (broad SMARTS) is 1. The highest BCUT2D eigenvalue weighted by Crippen LogP contribution is 2.30. The molecule has 2 heterocycles. The highest BCUT2D eigenvalue weighted by atomic mass is 35.5. The molecule has 1 saturated heterocycles. The van der Waals surface area contributed by atoms with Crippen molar-refractivity contribution in [1.29, 1.82) is 0 Å². The van der Waals surface area contributed by atoms with Gasteiger partial charge >= 0.3 is 5.97 Å². The highest BCUT2D eigenvalue weighted by Gasteiger charge is 2.26. The Balaban J connectivity index is 1.55. The zero-order valence-electron chi connectivity index (χ0n) is 16.0. The Kier molecular flexibility index (Phi) is 5.46. The van der Waals surface area contributed by atoms with Crippen molar-refractivity contribution in [1.82, 2.24) is 10.3 Å². The number of anilines is 1. The van der Waals surface area contributed by atoms with E-state index in [1.54, 1.807) is 17.2 Å². The first kappa shape index (κ1) is 20.0. The topological polar surface area (TPSA) is 102 Å². The largest absolute Gasteiger partial charge is 0.480 e. The van der Waals surface area contributed by atoms with Gasteiger partial charge in [0.1, 0.15) is 6.04 Å². The Morgan fingerprint density at radius 2 is 2.03 bits per heavy atom. The van der Waals surface area contributed by atoms with E-state index in [0.29, 0.717) is 23.7 Å². The monoisotopic (exact) mass is 425 g/mol. The van der Waals surface area contributed by atoms with Crippen LogP contribution in [0.5, 0.6) is 0 Å². The molecule has 1 atom stereocenters. The fraction of sp³-hybridized carbons (Fsp3) is 0.227. The number of aromatic nitrogens is 1. The van der Waals surface area contributed by atoms with Crippen LogP contribution in [0.1, 0.15) is 28.8 Å². The summed E-state index contributed by atoms with van der Waals surface area (Å²) in [6.45, 7) is 0.544. The molecule has 0 bridgehead atoms. The smallest absolute Gasteiger partial charge is 0.326 e. The first-order valence-corrected chi connectivity index (χ1v) is 10.0. The zero-order valence-corrected chi connectivity index (χ0v) is 16.8. The predicted octanol–water partition coefficient (Wildman–Crippen LogP) is 3.37. The number of carboxylic acids is 1. The Morgan fingerprint density at radius 3 is 2.77 bits per heavy atom. The number of aromatic amines is 1. The van der Waals surface area contributed by atoms with Gasteiger partial charge in [-0.15, -0.1) is 0 Å². The Hall–Kier alpha value is -3.32. The lowest BCUT2D eigenvalue weighted by Crippen LogP contribution is -2.42. The Morgan fingerprint density at radius 1 is 1.23 bits per heavy atom. The molecule has 154 valence electrons. The second-order valence-electron chi connectivity index (χ2n) is 7.24. The summed E-state index contributed by atoms with van der Waals surface area (Å²) in [6, 6.07) is 11.1. The number of para-hydroxylation sites is 1. The minimum Gasteiger partial charge on any atom is -0.480 e. The minimum atomic E-state index is -1.13. The van der Waals surface area contributed by atoms with Gasteiger partial charge in [0.2, 0.25) is 5.91 Å². The number of hydrogen-bond donors (Lipinski definition) is 3. The van der Waals surface area contributed by atoms with Gasteiger partial charge in [-0.25, -0.2) is 4.79 Å². The number of nitrogens with zero attached hydrogens (tertiary/aromatic N) is 1. The Bertz CT molecular complexity index is 1140. The molecule has 8 heteroatoms. The van der Waals surface area contributed by atoms with Crippen LogP contribution >= 0.6 is 11.6 Å². The van der Waals surface area contributed by atoms with Gasteiger partial charge in [0.25, 0.3) is 5.91 Å². The number of aliphatic carboxylic acids is 1. The number of hydrogen-bond acceptors (Lipinski definition) is 3. The van der Waals surface area contributed by atoms with Crippen LogP contribution in [-0.4, -0.2) is 40.5 Å². The predicted molar refractivity (Wildman–Crippen MR) is 114 cm³/mol. The molecule has 0 aliphatic carbocycles. The van der Waals surface area contributed by atoms with E-state index < -0.39 is 17.9 Å². The number of nitrogens with one attached hydrogen (secondary N) is 2. The van der Waals surface area contributed by atoms with E-state index in [0.717, 1.165) is 22.9 Å². The van der Waals surface area contributed by atoms with Crippen LogP contribution in [0.3, 0.4) is 0 Å². The van der Waals surface area contributed by atoms with Crippen LogP contribution in [0.25, 0.3) is 10.9 Å². The minimum absolute atomic E-state index is 0.0443. The molecule has 0 saturated carbocycles. The lowest BCUT2D eigenvalue weighted by Gasteiger charge is -2.19. The second-order valence-corrected chi connectivity index (χ2v) is 7.65. The quantitative estimate of drug-likeness (QED) is 0.563. The summed E-state index contributed by atoms with van der Waals surface area (Å²) < 4.78 is 0. The summed E-state index contributed by atoms with van der Waals surface area (Å²) in [6.07, 6.45) is 3.07. The van der Waals surface area contributed by atoms with E-state index in [1.165, 1.54) is 12.1 Å². The summed E-state index contributed by atoms with van der Waals surface area (Å²) in [5.74, 6) is -1.71. The van der Waals surface area contributed by atoms with Gasteiger partial charge in [0.05, 0.1) is 10.7 Å². The lowest BCUT2D eigenvalue weighted by molar-refractivity contribution is -0.139. The standard InChI is InChI=1S/C22H20ClN3O4/c23-16-8-7-13(11-19(16)26-9-3-6-20(26)27)21(28)25-18(22(29)30)10-14-12-24-17-5-2-1-4-15(14)17/h1-2,4-5,7-8,11-12,18,24H,3,6,9-10H2,(H,25,28)(H,29,30)/t18-/m1/s1. The number of carbonyl (C=O) groups excluding carboxylic acids is 2. The molecule has 1 aliphatic rings. The SMILES string of the molecule is O=C(N[C@H](Cc1c[nH]c2ccccc12)C(=O)O)c1ccc(Cl)c(N2CCCC2=O)c1. The molecule has 1 aromatic heterocycles. The number of amides is 2. The maximum absolute atomic E-state index is 12.8. The molecule has 2 aromatic carbocycles. The van der Waals surface area contributed by atoms with Gasteiger partial charge in [-0.1, -0.05) is 29.8 Å². The zero-order chi connectivity index (χ0) is 21.3. The molecule has 1 fully saturated rings. The van der Waals surface area contributed by atoms with Crippen LogP contribution in [0.15, 0.2) is 48.7 Å². The maximum atomic E-state index is 12.8. The first-order valence-electron chi connectivity index (χ1n) is 9.62. The van der Waals surface area contributed by atoms with Crippen molar-refractivity contribution in [2.75, 3.05) is 11.4 Å². The summed E-state index contributed by atoms with van der Waals surface area (Å²) >= 11 is 6.23. The molecule has 3 N–H and O–H groups in total. The van der Waals surface area contributed by atoms with Gasteiger partial charge in [-0.3, -0.25) is 9.59 Å². The third-order valence-corrected chi connectivity index (χ3v) is 5.59. The van der Waals surface area contributed by atoms with Crippen molar-refractivity contribution in [2.45, 2.75) is 25.3 Å². The first-order chi connectivity index (χ1) is 14.4. The summed E-state index contributed by atoms with van der Waals surface area (Å²) in [7, 11) is 0. The normalized spacial score (nSPS) is 14.8. The molecule has 4 rings (SSSR count). The summed E-state index contributed by atoms with van der Waals surface area (Å²) in [4.78, 5) is 41.3. The molecule has 3 aromatic rings. The van der Waals surface area contributed by atoms with E-state index in [-0.39, 0.29) is 17.9 Å². The van der Waals surface area contributed by atoms with Crippen molar-refractivity contribution in [2.24, 2.45) is 0 Å². The summed E-state index contributed by atoms with van der Waals surface area (Å²) in [5, 5.41) is 13.5. The number of benzene rings is 2. The van der Waals surface area contributed by atoms with E-state index in [2.05, 4.69) is 10.3 Å². The third kappa shape index (κ3) is 3.89. The number of halogens is 1. The Labute approximate surface area is 177 Å². The van der Waals surface area contributed by atoms with Crippen LogP contribution in [0.4, 0.5) is 5.69 Å². The average Bonchev–Trinajstić information content (AvgIpc) is 3.34. The third-order valence-electron chi connectivity index (χ3n) is 5.27. The number of carbonyl (C=O) groups is 3.